The van der Waals surface area contributed by atoms with E-state index in [1.807, 2.05) is 26.0 Å². The van der Waals surface area contributed by atoms with Crippen LogP contribution in [0.1, 0.15) is 70.4 Å². The minimum absolute atomic E-state index is 0.0186. The van der Waals surface area contributed by atoms with Crippen LogP contribution in [0.25, 0.3) is 0 Å². The lowest BCUT2D eigenvalue weighted by molar-refractivity contribution is -0.576. The predicted molar refractivity (Wildman–Crippen MR) is 147 cm³/mol. The predicted octanol–water partition coefficient (Wildman–Crippen LogP) is 3.67. The van der Waals surface area contributed by atoms with Crippen LogP contribution < -0.4 is 5.32 Å². The first-order valence-electron chi connectivity index (χ1n) is 15.3. The number of carbonyl (C=O) groups excluding carboxylic acids is 2. The second-order valence-corrected chi connectivity index (χ2v) is 12.7. The molecule has 10 heteroatoms. The summed E-state index contributed by atoms with van der Waals surface area (Å²) >= 11 is 0. The fraction of sp³-hybridized carbons (Fsp3) is 0.742. The third-order valence-corrected chi connectivity index (χ3v) is 9.92. The Balaban J connectivity index is 0.981. The number of benzene rings is 1. The van der Waals surface area contributed by atoms with E-state index < -0.39 is 29.9 Å². The zero-order valence-corrected chi connectivity index (χ0v) is 24.5. The fourth-order valence-electron chi connectivity index (χ4n) is 7.48. The summed E-state index contributed by atoms with van der Waals surface area (Å²) in [5.41, 5.74) is 1.56. The van der Waals surface area contributed by atoms with Gasteiger partial charge in [-0.25, -0.2) is 9.78 Å². The molecule has 5 aliphatic heterocycles. The van der Waals surface area contributed by atoms with Crippen molar-refractivity contribution in [2.45, 2.75) is 96.4 Å². The maximum Gasteiger partial charge on any atom is 0.308 e. The van der Waals surface area contributed by atoms with Crippen molar-refractivity contribution in [2.75, 3.05) is 26.3 Å². The van der Waals surface area contributed by atoms with Gasteiger partial charge in [0.15, 0.2) is 11.9 Å². The molecule has 7 rings (SSSR count). The van der Waals surface area contributed by atoms with E-state index in [-0.39, 0.29) is 36.5 Å². The van der Waals surface area contributed by atoms with E-state index in [1.54, 1.807) is 0 Å². The fourth-order valence-corrected chi connectivity index (χ4v) is 7.48. The van der Waals surface area contributed by atoms with E-state index in [2.05, 4.69) is 29.3 Å². The van der Waals surface area contributed by atoms with Crippen LogP contribution in [0.4, 0.5) is 0 Å². The average molecular weight is 573 g/mol. The minimum atomic E-state index is -0.881. The molecular formula is C31H44N2O8. The third-order valence-electron chi connectivity index (χ3n) is 9.92. The molecule has 2 bridgehead atoms. The third kappa shape index (κ3) is 5.92. The normalized spacial score (nSPS) is 38.5. The Morgan fingerprint density at radius 1 is 1.00 bits per heavy atom. The summed E-state index contributed by atoms with van der Waals surface area (Å²) < 4.78 is 23.9. The lowest BCUT2D eigenvalue weighted by Crippen LogP contribution is -2.70. The molecule has 0 aromatic heterocycles. The molecule has 1 aromatic carbocycles. The maximum atomic E-state index is 12.8. The van der Waals surface area contributed by atoms with Gasteiger partial charge in [0.05, 0.1) is 19.6 Å². The van der Waals surface area contributed by atoms with Crippen molar-refractivity contribution in [1.29, 1.82) is 0 Å². The number of morpholine rings is 1. The molecule has 226 valence electrons. The Morgan fingerprint density at radius 2 is 1.76 bits per heavy atom. The van der Waals surface area contributed by atoms with Gasteiger partial charge < -0.3 is 24.3 Å². The van der Waals surface area contributed by atoms with Crippen molar-refractivity contribution in [3.05, 3.63) is 35.4 Å². The highest BCUT2D eigenvalue weighted by Crippen LogP contribution is 2.60. The van der Waals surface area contributed by atoms with Crippen LogP contribution in [0.3, 0.4) is 0 Å². The summed E-state index contributed by atoms with van der Waals surface area (Å²) in [6, 6.07) is 8.26. The maximum absolute atomic E-state index is 12.8. The van der Waals surface area contributed by atoms with Crippen LogP contribution in [0.2, 0.25) is 0 Å². The van der Waals surface area contributed by atoms with Gasteiger partial charge in [-0.3, -0.25) is 14.5 Å². The molecule has 5 heterocycles. The first-order valence-corrected chi connectivity index (χ1v) is 15.3. The Morgan fingerprint density at radius 3 is 2.54 bits per heavy atom. The molecule has 10 nitrogen and oxygen atoms in total. The molecule has 5 saturated heterocycles. The summed E-state index contributed by atoms with van der Waals surface area (Å²) in [7, 11) is 0. The minimum Gasteiger partial charge on any atom is -0.435 e. The molecule has 8 atom stereocenters. The number of rotatable bonds is 8. The Hall–Kier alpha value is -2.08. The summed E-state index contributed by atoms with van der Waals surface area (Å²) in [6.07, 6.45) is 2.27. The first kappa shape index (κ1) is 29.0. The highest BCUT2D eigenvalue weighted by molar-refractivity contribution is 5.81. The number of esters is 1. The molecule has 0 unspecified atom stereocenters. The van der Waals surface area contributed by atoms with Gasteiger partial charge in [0.2, 0.25) is 18.0 Å². The van der Waals surface area contributed by atoms with Crippen LogP contribution in [0.15, 0.2) is 24.3 Å². The molecule has 1 spiro atoms. The number of hydrogen-bond donors (Lipinski definition) is 1. The summed E-state index contributed by atoms with van der Waals surface area (Å²) in [6.45, 7) is 11.0. The van der Waals surface area contributed by atoms with Crippen LogP contribution in [0, 0.1) is 23.7 Å². The molecule has 6 aliphatic rings. The van der Waals surface area contributed by atoms with Gasteiger partial charge in [0.1, 0.15) is 0 Å². The lowest BCUT2D eigenvalue weighted by Gasteiger charge is -2.59. The molecule has 1 aromatic rings. The zero-order valence-electron chi connectivity index (χ0n) is 24.5. The number of fused-ring (bicyclic) bond motifs is 2. The van der Waals surface area contributed by atoms with Gasteiger partial charge in [-0.15, -0.1) is 0 Å². The van der Waals surface area contributed by atoms with E-state index in [0.717, 1.165) is 64.1 Å². The van der Waals surface area contributed by atoms with Gasteiger partial charge in [-0.2, -0.15) is 0 Å². The van der Waals surface area contributed by atoms with E-state index in [1.165, 1.54) is 5.56 Å². The molecule has 0 radical (unpaired) electrons. The van der Waals surface area contributed by atoms with Crippen molar-refractivity contribution in [1.82, 2.24) is 10.2 Å². The molecular weight excluding hydrogens is 528 g/mol. The van der Waals surface area contributed by atoms with E-state index in [9.17, 15) is 9.59 Å². The van der Waals surface area contributed by atoms with Crippen molar-refractivity contribution in [3.63, 3.8) is 0 Å². The van der Waals surface area contributed by atoms with Crippen LogP contribution >= 0.6 is 0 Å². The molecule has 1 amide bonds. The lowest BCUT2D eigenvalue weighted by atomic mass is 9.58. The van der Waals surface area contributed by atoms with E-state index in [0.29, 0.717) is 12.5 Å². The topological polar surface area (TPSA) is 105 Å². The Kier molecular flexibility index (Phi) is 8.42. The standard InChI is InChI=1S/C31H44N2O8/c1-20-4-9-25-21(2)28(38-29-31(25)24(20)12-13-30(3,39-29)40-41-31)37-27(35)11-10-26(34)32-18-22-5-7-23(8-6-22)19-33-14-16-36-17-15-33/h5-8,20-21,24-25,28-29H,4,9-19H2,1-3H3,(H,32,34)/t20-,21-,24+,25-,28+,29-,30+,31-/m1/s1. The highest BCUT2D eigenvalue weighted by atomic mass is 17.3. The summed E-state index contributed by atoms with van der Waals surface area (Å²) in [5, 5.41) is 2.91. The Labute approximate surface area is 242 Å². The summed E-state index contributed by atoms with van der Waals surface area (Å²) in [5.74, 6) is -0.840. The second kappa shape index (κ2) is 11.9. The quantitative estimate of drug-likeness (QED) is 0.369. The van der Waals surface area contributed by atoms with E-state index in [4.69, 9.17) is 28.7 Å². The Bertz CT molecular complexity index is 1090. The van der Waals surface area contributed by atoms with Crippen LogP contribution in [0.5, 0.6) is 0 Å². The monoisotopic (exact) mass is 572 g/mol. The van der Waals surface area contributed by atoms with Gasteiger partial charge in [-0.1, -0.05) is 38.1 Å². The van der Waals surface area contributed by atoms with Gasteiger partial charge in [0, 0.05) is 50.9 Å². The SMILES string of the molecule is C[C@H]1[C@@H](OC(=O)CCC(=O)NCc2ccc(CN3CCOCC3)cc2)O[C@@H]2O[C@]3(C)CC[C@H]4[C@H](C)CC[C@H]1[C@@]24OO3. The first-order chi connectivity index (χ1) is 19.8. The highest BCUT2D eigenvalue weighted by Gasteiger charge is 2.69. The number of nitrogens with zero attached hydrogens (tertiary/aromatic N) is 1. The van der Waals surface area contributed by atoms with Crippen molar-refractivity contribution >= 4 is 11.9 Å². The molecule has 6 fully saturated rings. The van der Waals surface area contributed by atoms with Crippen molar-refractivity contribution in [3.8, 4) is 0 Å². The van der Waals surface area contributed by atoms with Gasteiger partial charge in [-0.05, 0) is 49.1 Å². The molecule has 1 N–H and O–H groups in total. The largest absolute Gasteiger partial charge is 0.435 e. The second-order valence-electron chi connectivity index (χ2n) is 12.7. The van der Waals surface area contributed by atoms with Crippen LogP contribution in [-0.2, 0) is 51.4 Å². The number of carbonyl (C=O) groups is 2. The molecule has 41 heavy (non-hydrogen) atoms. The van der Waals surface area contributed by atoms with Crippen molar-refractivity contribution < 1.29 is 38.3 Å². The van der Waals surface area contributed by atoms with Gasteiger partial charge in [0.25, 0.3) is 0 Å². The average Bonchev–Trinajstić information content (AvgIpc) is 3.20. The molecule has 1 saturated carbocycles. The van der Waals surface area contributed by atoms with E-state index >= 15 is 0 Å². The number of hydrogen-bond acceptors (Lipinski definition) is 9. The number of amides is 1. The van der Waals surface area contributed by atoms with Crippen LogP contribution in [-0.4, -0.2) is 67.0 Å². The summed E-state index contributed by atoms with van der Waals surface area (Å²) in [4.78, 5) is 39.7. The number of nitrogens with one attached hydrogen (secondary N) is 1. The molecule has 1 aliphatic carbocycles. The smallest absolute Gasteiger partial charge is 0.308 e. The van der Waals surface area contributed by atoms with Crippen molar-refractivity contribution in [2.24, 2.45) is 23.7 Å². The zero-order chi connectivity index (χ0) is 28.6. The van der Waals surface area contributed by atoms with Gasteiger partial charge >= 0.3 is 5.97 Å². The number of ether oxygens (including phenoxy) is 4.